The second-order valence-corrected chi connectivity index (χ2v) is 4.05. The summed E-state index contributed by atoms with van der Waals surface area (Å²) in [5.41, 5.74) is 7.69. The van der Waals surface area contributed by atoms with Crippen LogP contribution in [0.1, 0.15) is 16.7 Å². The van der Waals surface area contributed by atoms with Crippen LogP contribution >= 0.6 is 0 Å². The van der Waals surface area contributed by atoms with Crippen LogP contribution in [0.2, 0.25) is 0 Å². The minimum Gasteiger partial charge on any atom is -0.456 e. The highest BCUT2D eigenvalue weighted by molar-refractivity contribution is 5.47. The Morgan fingerprint density at radius 2 is 1.79 bits per heavy atom. The van der Waals surface area contributed by atoms with Crippen molar-refractivity contribution in [3.05, 3.63) is 59.2 Å². The van der Waals surface area contributed by atoms with Gasteiger partial charge in [-0.1, -0.05) is 18.2 Å². The first-order chi connectivity index (χ1) is 9.26. The standard InChI is InChI=1S/C15H14N2O2/c16-8-12-3-6-15(13(7-12)9-17)19-14-4-1-11(10-18)2-5-14/h1-7,18H,8,10,16H2. The number of nitrogens with two attached hydrogens (primary N) is 1. The lowest BCUT2D eigenvalue weighted by atomic mass is 10.1. The molecule has 3 N–H and O–H groups in total. The molecule has 0 heterocycles. The summed E-state index contributed by atoms with van der Waals surface area (Å²) < 4.78 is 5.65. The molecular weight excluding hydrogens is 240 g/mol. The summed E-state index contributed by atoms with van der Waals surface area (Å²) in [5, 5.41) is 18.1. The molecule has 96 valence electrons. The maximum absolute atomic E-state index is 9.09. The van der Waals surface area contributed by atoms with Crippen molar-refractivity contribution >= 4 is 0 Å². The van der Waals surface area contributed by atoms with Gasteiger partial charge in [0.25, 0.3) is 0 Å². The number of aliphatic hydroxyl groups excluding tert-OH is 1. The highest BCUT2D eigenvalue weighted by Gasteiger charge is 2.05. The third-order valence-corrected chi connectivity index (χ3v) is 2.73. The van der Waals surface area contributed by atoms with Crippen molar-refractivity contribution in [2.24, 2.45) is 5.73 Å². The van der Waals surface area contributed by atoms with E-state index in [0.29, 0.717) is 23.6 Å². The smallest absolute Gasteiger partial charge is 0.145 e. The molecule has 4 nitrogen and oxygen atoms in total. The van der Waals surface area contributed by atoms with Gasteiger partial charge in [0.15, 0.2) is 0 Å². The third-order valence-electron chi connectivity index (χ3n) is 2.73. The van der Waals surface area contributed by atoms with Crippen LogP contribution in [0.4, 0.5) is 0 Å². The lowest BCUT2D eigenvalue weighted by Gasteiger charge is -2.09. The first-order valence-corrected chi connectivity index (χ1v) is 5.87. The first-order valence-electron chi connectivity index (χ1n) is 5.87. The SMILES string of the molecule is N#Cc1cc(CN)ccc1Oc1ccc(CO)cc1. The van der Waals surface area contributed by atoms with E-state index in [4.69, 9.17) is 20.8 Å². The molecule has 19 heavy (non-hydrogen) atoms. The van der Waals surface area contributed by atoms with Crippen molar-refractivity contribution < 1.29 is 9.84 Å². The molecule has 2 rings (SSSR count). The zero-order valence-electron chi connectivity index (χ0n) is 10.3. The first kappa shape index (κ1) is 13.1. The summed E-state index contributed by atoms with van der Waals surface area (Å²) in [6, 6.07) is 14.4. The average molecular weight is 254 g/mol. The molecular formula is C15H14N2O2. The minimum absolute atomic E-state index is 0.00504. The predicted molar refractivity (Wildman–Crippen MR) is 71.5 cm³/mol. The van der Waals surface area contributed by atoms with Gasteiger partial charge in [-0.3, -0.25) is 0 Å². The highest BCUT2D eigenvalue weighted by Crippen LogP contribution is 2.26. The molecule has 0 atom stereocenters. The molecule has 0 aliphatic rings. The Morgan fingerprint density at radius 3 is 2.37 bits per heavy atom. The fourth-order valence-corrected chi connectivity index (χ4v) is 1.67. The molecule has 4 heteroatoms. The molecule has 2 aromatic carbocycles. The molecule has 0 amide bonds. The lowest BCUT2D eigenvalue weighted by molar-refractivity contribution is 0.281. The number of hydrogen-bond acceptors (Lipinski definition) is 4. The molecule has 0 radical (unpaired) electrons. The van der Waals surface area contributed by atoms with Crippen LogP contribution in [0.3, 0.4) is 0 Å². The Balaban J connectivity index is 2.25. The normalized spacial score (nSPS) is 9.95. The second kappa shape index (κ2) is 6.01. The molecule has 0 bridgehead atoms. The van der Waals surface area contributed by atoms with Gasteiger partial charge in [0, 0.05) is 6.54 Å². The molecule has 2 aromatic rings. The van der Waals surface area contributed by atoms with Gasteiger partial charge in [-0.15, -0.1) is 0 Å². The maximum Gasteiger partial charge on any atom is 0.145 e. The van der Waals surface area contributed by atoms with E-state index < -0.39 is 0 Å². The molecule has 0 spiro atoms. The summed E-state index contributed by atoms with van der Waals surface area (Å²) in [4.78, 5) is 0. The highest BCUT2D eigenvalue weighted by atomic mass is 16.5. The van der Waals surface area contributed by atoms with Gasteiger partial charge in [-0.05, 0) is 35.4 Å². The number of benzene rings is 2. The number of ether oxygens (including phenoxy) is 1. The Morgan fingerprint density at radius 1 is 1.11 bits per heavy atom. The molecule has 0 aromatic heterocycles. The van der Waals surface area contributed by atoms with Crippen LogP contribution in [0.15, 0.2) is 42.5 Å². The zero-order chi connectivity index (χ0) is 13.7. The van der Waals surface area contributed by atoms with Crippen LogP contribution in [-0.4, -0.2) is 5.11 Å². The molecule has 0 saturated carbocycles. The number of aliphatic hydroxyl groups is 1. The summed E-state index contributed by atoms with van der Waals surface area (Å²) in [7, 11) is 0. The Hall–Kier alpha value is -2.35. The third kappa shape index (κ3) is 3.10. The quantitative estimate of drug-likeness (QED) is 0.877. The van der Waals surface area contributed by atoms with Crippen LogP contribution in [0.25, 0.3) is 0 Å². The van der Waals surface area contributed by atoms with Gasteiger partial charge in [-0.25, -0.2) is 0 Å². The van der Waals surface area contributed by atoms with Gasteiger partial charge < -0.3 is 15.6 Å². The van der Waals surface area contributed by atoms with Crippen LogP contribution in [-0.2, 0) is 13.2 Å². The van der Waals surface area contributed by atoms with Gasteiger partial charge in [0.1, 0.15) is 17.6 Å². The molecule has 0 unspecified atom stereocenters. The van der Waals surface area contributed by atoms with E-state index in [-0.39, 0.29) is 6.61 Å². The number of hydrogen-bond donors (Lipinski definition) is 2. The second-order valence-electron chi connectivity index (χ2n) is 4.05. The molecule has 0 aliphatic carbocycles. The van der Waals surface area contributed by atoms with Crippen LogP contribution in [0, 0.1) is 11.3 Å². The number of nitrogens with zero attached hydrogens (tertiary/aromatic N) is 1. The van der Waals surface area contributed by atoms with E-state index in [1.807, 2.05) is 6.07 Å². The van der Waals surface area contributed by atoms with Crippen molar-refractivity contribution in [3.8, 4) is 17.6 Å². The van der Waals surface area contributed by atoms with Gasteiger partial charge in [0.2, 0.25) is 0 Å². The summed E-state index contributed by atoms with van der Waals surface area (Å²) in [6.45, 7) is 0.384. The molecule has 0 aliphatic heterocycles. The zero-order valence-corrected chi connectivity index (χ0v) is 10.3. The summed E-state index contributed by atoms with van der Waals surface area (Å²) in [5.74, 6) is 1.12. The number of nitriles is 1. The predicted octanol–water partition coefficient (Wildman–Crippen LogP) is 2.30. The van der Waals surface area contributed by atoms with Gasteiger partial charge in [-0.2, -0.15) is 5.26 Å². The van der Waals surface area contributed by atoms with Crippen molar-refractivity contribution in [1.82, 2.24) is 0 Å². The molecule has 0 fully saturated rings. The summed E-state index contributed by atoms with van der Waals surface area (Å²) >= 11 is 0. The van der Waals surface area contributed by atoms with E-state index in [1.54, 1.807) is 36.4 Å². The Bertz CT molecular complexity index is 601. The van der Waals surface area contributed by atoms with E-state index in [1.165, 1.54) is 0 Å². The maximum atomic E-state index is 9.09. The largest absolute Gasteiger partial charge is 0.456 e. The summed E-state index contributed by atoms with van der Waals surface area (Å²) in [6.07, 6.45) is 0. The fourth-order valence-electron chi connectivity index (χ4n) is 1.67. The van der Waals surface area contributed by atoms with Crippen LogP contribution < -0.4 is 10.5 Å². The number of rotatable bonds is 4. The van der Waals surface area contributed by atoms with Crippen molar-refractivity contribution in [2.75, 3.05) is 0 Å². The monoisotopic (exact) mass is 254 g/mol. The Labute approximate surface area is 111 Å². The lowest BCUT2D eigenvalue weighted by Crippen LogP contribution is -1.97. The van der Waals surface area contributed by atoms with E-state index >= 15 is 0 Å². The fraction of sp³-hybridized carbons (Fsp3) is 0.133. The van der Waals surface area contributed by atoms with Crippen molar-refractivity contribution in [2.45, 2.75) is 13.2 Å². The van der Waals surface area contributed by atoms with E-state index in [9.17, 15) is 0 Å². The van der Waals surface area contributed by atoms with E-state index in [0.717, 1.165) is 11.1 Å². The van der Waals surface area contributed by atoms with Gasteiger partial charge >= 0.3 is 0 Å². The van der Waals surface area contributed by atoms with Crippen molar-refractivity contribution in [1.29, 1.82) is 5.26 Å². The minimum atomic E-state index is -0.00504. The van der Waals surface area contributed by atoms with Crippen LogP contribution in [0.5, 0.6) is 11.5 Å². The van der Waals surface area contributed by atoms with E-state index in [2.05, 4.69) is 6.07 Å². The average Bonchev–Trinajstić information content (AvgIpc) is 2.48. The van der Waals surface area contributed by atoms with Crippen molar-refractivity contribution in [3.63, 3.8) is 0 Å². The topological polar surface area (TPSA) is 79.3 Å². The van der Waals surface area contributed by atoms with Gasteiger partial charge in [0.05, 0.1) is 12.2 Å². The Kier molecular flexibility index (Phi) is 4.14. The molecule has 0 saturated heterocycles.